The molecule has 1 aliphatic rings. The van der Waals surface area contributed by atoms with Crippen LogP contribution >= 0.6 is 0 Å². The first-order valence-corrected chi connectivity index (χ1v) is 8.05. The molecular weight excluding hydrogens is 312 g/mol. The molecule has 130 valence electrons. The first-order chi connectivity index (χ1) is 11.3. The maximum atomic E-state index is 12.4. The molecule has 7 nitrogen and oxygen atoms in total. The maximum absolute atomic E-state index is 12.4. The monoisotopic (exact) mass is 334 g/mol. The van der Waals surface area contributed by atoms with Crippen molar-refractivity contribution < 1.29 is 19.2 Å². The summed E-state index contributed by atoms with van der Waals surface area (Å²) in [6.45, 7) is 6.50. The van der Waals surface area contributed by atoms with Crippen molar-refractivity contribution in [1.29, 1.82) is 0 Å². The summed E-state index contributed by atoms with van der Waals surface area (Å²) in [5, 5.41) is 11.0. The van der Waals surface area contributed by atoms with Gasteiger partial charge in [-0.15, -0.1) is 0 Å². The van der Waals surface area contributed by atoms with Gasteiger partial charge in [0.15, 0.2) is 6.10 Å². The molecule has 0 unspecified atom stereocenters. The van der Waals surface area contributed by atoms with E-state index in [1.54, 1.807) is 4.90 Å². The number of rotatable bonds is 4. The number of amides is 1. The lowest BCUT2D eigenvalue weighted by Crippen LogP contribution is -2.44. The molecule has 1 saturated heterocycles. The highest BCUT2D eigenvalue weighted by Crippen LogP contribution is 2.22. The van der Waals surface area contributed by atoms with Crippen LogP contribution in [-0.2, 0) is 9.53 Å². The number of benzene rings is 1. The van der Waals surface area contributed by atoms with E-state index in [2.05, 4.69) is 6.92 Å². The Bertz CT molecular complexity index is 650. The van der Waals surface area contributed by atoms with E-state index in [4.69, 9.17) is 4.74 Å². The van der Waals surface area contributed by atoms with E-state index < -0.39 is 17.0 Å². The third-order valence-corrected chi connectivity index (χ3v) is 4.45. The van der Waals surface area contributed by atoms with Crippen LogP contribution in [0.5, 0.6) is 0 Å². The smallest absolute Gasteiger partial charge is 0.339 e. The minimum Gasteiger partial charge on any atom is -0.449 e. The van der Waals surface area contributed by atoms with E-state index in [0.29, 0.717) is 19.0 Å². The van der Waals surface area contributed by atoms with E-state index in [-0.39, 0.29) is 22.7 Å². The van der Waals surface area contributed by atoms with Gasteiger partial charge in [-0.05, 0) is 38.7 Å². The van der Waals surface area contributed by atoms with E-state index >= 15 is 0 Å². The molecule has 0 spiro atoms. The zero-order valence-electron chi connectivity index (χ0n) is 14.2. The minimum atomic E-state index is -0.912. The van der Waals surface area contributed by atoms with Gasteiger partial charge in [0.05, 0.1) is 10.5 Å². The molecule has 7 heteroatoms. The lowest BCUT2D eigenvalue weighted by Gasteiger charge is -2.31. The van der Waals surface area contributed by atoms with Gasteiger partial charge in [0.25, 0.3) is 11.6 Å². The van der Waals surface area contributed by atoms with E-state index in [1.165, 1.54) is 32.0 Å². The first kappa shape index (κ1) is 17.9. The summed E-state index contributed by atoms with van der Waals surface area (Å²) in [6, 6.07) is 4.22. The van der Waals surface area contributed by atoms with Crippen molar-refractivity contribution >= 4 is 17.6 Å². The average Bonchev–Trinajstić information content (AvgIpc) is 2.54. The second-order valence-corrected chi connectivity index (χ2v) is 6.26. The molecule has 1 aliphatic heterocycles. The Kier molecular flexibility index (Phi) is 5.54. The number of ether oxygens (including phenoxy) is 1. The van der Waals surface area contributed by atoms with Gasteiger partial charge in [-0.25, -0.2) is 4.79 Å². The number of nitrogens with zero attached hydrogens (tertiary/aromatic N) is 2. The lowest BCUT2D eigenvalue weighted by molar-refractivity contribution is -0.385. The number of nitro benzene ring substituents is 1. The standard InChI is InChI=1S/C17H22N2O5/c1-11-7-9-18(10-8-11)16(20)13(3)24-17(21)14-5-4-6-15(12(14)2)19(22)23/h4-6,11,13H,7-10H2,1-3H3/t13-/m1/s1. The summed E-state index contributed by atoms with van der Waals surface area (Å²) >= 11 is 0. The Labute approximate surface area is 140 Å². The van der Waals surface area contributed by atoms with Crippen LogP contribution in [0.2, 0.25) is 0 Å². The zero-order chi connectivity index (χ0) is 17.9. The van der Waals surface area contributed by atoms with Gasteiger partial charge in [-0.3, -0.25) is 14.9 Å². The Balaban J connectivity index is 2.05. The summed E-state index contributed by atoms with van der Waals surface area (Å²) < 4.78 is 5.24. The Hall–Kier alpha value is -2.44. The van der Waals surface area contributed by atoms with Gasteiger partial charge in [0.1, 0.15) is 0 Å². The number of likely N-dealkylation sites (tertiary alicyclic amines) is 1. The van der Waals surface area contributed by atoms with Crippen LogP contribution in [0.15, 0.2) is 18.2 Å². The number of esters is 1. The number of piperidine rings is 1. The SMILES string of the molecule is Cc1c(C(=O)O[C@H](C)C(=O)N2CCC(C)CC2)cccc1[N+](=O)[O-]. The molecule has 2 rings (SSSR count). The molecule has 0 bridgehead atoms. The highest BCUT2D eigenvalue weighted by Gasteiger charge is 2.28. The molecule has 0 saturated carbocycles. The van der Waals surface area contributed by atoms with Crippen LogP contribution < -0.4 is 0 Å². The van der Waals surface area contributed by atoms with Crippen LogP contribution in [-0.4, -0.2) is 40.9 Å². The number of carbonyl (C=O) groups is 2. The third-order valence-electron chi connectivity index (χ3n) is 4.45. The quantitative estimate of drug-likeness (QED) is 0.480. The maximum Gasteiger partial charge on any atom is 0.339 e. The molecule has 1 atom stereocenters. The second-order valence-electron chi connectivity index (χ2n) is 6.26. The number of carbonyl (C=O) groups excluding carboxylic acids is 2. The van der Waals surface area contributed by atoms with Crippen molar-refractivity contribution in [3.8, 4) is 0 Å². The Morgan fingerprint density at radius 1 is 1.33 bits per heavy atom. The topological polar surface area (TPSA) is 89.8 Å². The van der Waals surface area contributed by atoms with Gasteiger partial charge >= 0.3 is 5.97 Å². The van der Waals surface area contributed by atoms with Crippen molar-refractivity contribution in [2.75, 3.05) is 13.1 Å². The lowest BCUT2D eigenvalue weighted by atomic mass is 9.99. The largest absolute Gasteiger partial charge is 0.449 e. The fourth-order valence-electron chi connectivity index (χ4n) is 2.80. The summed E-state index contributed by atoms with van der Waals surface area (Å²) in [4.78, 5) is 36.8. The molecule has 1 aromatic carbocycles. The molecule has 0 radical (unpaired) electrons. The van der Waals surface area contributed by atoms with Crippen molar-refractivity contribution in [3.05, 3.63) is 39.4 Å². The highest BCUT2D eigenvalue weighted by molar-refractivity contribution is 5.94. The first-order valence-electron chi connectivity index (χ1n) is 8.05. The Morgan fingerprint density at radius 2 is 1.96 bits per heavy atom. The normalized spacial score (nSPS) is 16.5. The average molecular weight is 334 g/mol. The zero-order valence-corrected chi connectivity index (χ0v) is 14.2. The highest BCUT2D eigenvalue weighted by atomic mass is 16.6. The van der Waals surface area contributed by atoms with Gasteiger partial charge in [0, 0.05) is 24.7 Å². The summed E-state index contributed by atoms with van der Waals surface area (Å²) in [6.07, 6.45) is 0.969. The molecule has 1 fully saturated rings. The van der Waals surface area contributed by atoms with Crippen LogP contribution in [0.3, 0.4) is 0 Å². The molecule has 0 N–H and O–H groups in total. The molecule has 24 heavy (non-hydrogen) atoms. The fraction of sp³-hybridized carbons (Fsp3) is 0.529. The van der Waals surface area contributed by atoms with E-state index in [0.717, 1.165) is 12.8 Å². The van der Waals surface area contributed by atoms with Crippen LogP contribution in [0.4, 0.5) is 5.69 Å². The summed E-state index contributed by atoms with van der Waals surface area (Å²) in [5.41, 5.74) is 0.198. The Morgan fingerprint density at radius 3 is 2.54 bits per heavy atom. The predicted molar refractivity (Wildman–Crippen MR) is 87.7 cm³/mol. The minimum absolute atomic E-state index is 0.108. The number of hydrogen-bond donors (Lipinski definition) is 0. The van der Waals surface area contributed by atoms with Crippen molar-refractivity contribution in [1.82, 2.24) is 4.90 Å². The van der Waals surface area contributed by atoms with Gasteiger partial charge < -0.3 is 9.64 Å². The molecule has 1 aromatic rings. The van der Waals surface area contributed by atoms with Gasteiger partial charge in [0.2, 0.25) is 0 Å². The molecule has 0 aliphatic carbocycles. The third kappa shape index (κ3) is 3.90. The summed E-state index contributed by atoms with van der Waals surface area (Å²) in [5.74, 6) is -0.347. The second kappa shape index (κ2) is 7.42. The fourth-order valence-corrected chi connectivity index (χ4v) is 2.80. The van der Waals surface area contributed by atoms with Crippen molar-refractivity contribution in [2.24, 2.45) is 5.92 Å². The molecule has 1 amide bonds. The van der Waals surface area contributed by atoms with Gasteiger partial charge in [-0.1, -0.05) is 13.0 Å². The van der Waals surface area contributed by atoms with Crippen molar-refractivity contribution in [2.45, 2.75) is 39.7 Å². The predicted octanol–water partition coefficient (Wildman–Crippen LogP) is 2.71. The van der Waals surface area contributed by atoms with E-state index in [1.807, 2.05) is 0 Å². The van der Waals surface area contributed by atoms with Gasteiger partial charge in [-0.2, -0.15) is 0 Å². The number of hydrogen-bond acceptors (Lipinski definition) is 5. The van der Waals surface area contributed by atoms with Crippen molar-refractivity contribution in [3.63, 3.8) is 0 Å². The molecule has 0 aromatic heterocycles. The summed E-state index contributed by atoms with van der Waals surface area (Å²) in [7, 11) is 0. The number of nitro groups is 1. The van der Waals surface area contributed by atoms with Crippen LogP contribution in [0.25, 0.3) is 0 Å². The molecule has 1 heterocycles. The van der Waals surface area contributed by atoms with Crippen LogP contribution in [0.1, 0.15) is 42.6 Å². The molecular formula is C17H22N2O5. The van der Waals surface area contributed by atoms with Crippen LogP contribution in [0, 0.1) is 23.0 Å². The van der Waals surface area contributed by atoms with E-state index in [9.17, 15) is 19.7 Å².